The number of aliphatic hydroxyl groups is 1. The van der Waals surface area contributed by atoms with Gasteiger partial charge in [0.25, 0.3) is 5.91 Å². The van der Waals surface area contributed by atoms with Crippen molar-refractivity contribution in [1.82, 2.24) is 10.9 Å². The van der Waals surface area contributed by atoms with E-state index in [2.05, 4.69) is 20.9 Å². The van der Waals surface area contributed by atoms with Crippen LogP contribution >= 0.6 is 0 Å². The normalized spacial score (nSPS) is 18.1. The van der Waals surface area contributed by atoms with E-state index in [4.69, 9.17) is 25.1 Å². The first-order valence-corrected chi connectivity index (χ1v) is 13.0. The number of rotatable bonds is 13. The lowest BCUT2D eigenvalue weighted by molar-refractivity contribution is -0.129. The van der Waals surface area contributed by atoms with Gasteiger partial charge in [0.05, 0.1) is 13.2 Å². The predicted octanol–water partition coefficient (Wildman–Crippen LogP) is 4.87. The Balaban J connectivity index is 1.77. The third-order valence-electron chi connectivity index (χ3n) is 6.45. The Bertz CT molecular complexity index is 1390. The van der Waals surface area contributed by atoms with Gasteiger partial charge in [0.2, 0.25) is 5.90 Å². The SMILES string of the molecule is CNNC(=O)[C@@]1(C/C=C/c2ccccc2)N=C(c2ccc(OCCCO)cc2)O[C@H]1c1ccccc1CN=[N+]=[N-]. The van der Waals surface area contributed by atoms with Crippen molar-refractivity contribution in [1.29, 1.82) is 0 Å². The fourth-order valence-electron chi connectivity index (χ4n) is 4.49. The van der Waals surface area contributed by atoms with Gasteiger partial charge in [0, 0.05) is 37.0 Å². The van der Waals surface area contributed by atoms with E-state index >= 15 is 0 Å². The van der Waals surface area contributed by atoms with Gasteiger partial charge >= 0.3 is 0 Å². The number of hydrazine groups is 1. The minimum atomic E-state index is -1.37. The summed E-state index contributed by atoms with van der Waals surface area (Å²) in [6.07, 6.45) is 3.84. The molecule has 10 nitrogen and oxygen atoms in total. The van der Waals surface area contributed by atoms with Crippen molar-refractivity contribution < 1.29 is 19.4 Å². The van der Waals surface area contributed by atoms with Crippen LogP contribution in [0.4, 0.5) is 0 Å². The maximum Gasteiger partial charge on any atom is 0.266 e. The fraction of sp³-hybridized carbons (Fsp3) is 0.267. The second kappa shape index (κ2) is 14.0. The number of nitrogens with one attached hydrogen (secondary N) is 2. The number of carbonyl (C=O) groups is 1. The lowest BCUT2D eigenvalue weighted by Gasteiger charge is -2.30. The number of carbonyl (C=O) groups excluding carboxylic acids is 1. The second-order valence-corrected chi connectivity index (χ2v) is 9.10. The van der Waals surface area contributed by atoms with Crippen molar-refractivity contribution >= 4 is 17.9 Å². The molecule has 0 saturated carbocycles. The molecule has 10 heteroatoms. The molecule has 0 spiro atoms. The smallest absolute Gasteiger partial charge is 0.266 e. The zero-order valence-corrected chi connectivity index (χ0v) is 22.2. The Morgan fingerprint density at radius 3 is 2.62 bits per heavy atom. The average Bonchev–Trinajstić information content (AvgIpc) is 3.38. The quantitative estimate of drug-likeness (QED) is 0.0933. The van der Waals surface area contributed by atoms with Gasteiger partial charge in [-0.2, -0.15) is 0 Å². The first-order valence-electron chi connectivity index (χ1n) is 13.0. The summed E-state index contributed by atoms with van der Waals surface area (Å²) >= 11 is 0. The van der Waals surface area contributed by atoms with Crippen molar-refractivity contribution in [2.24, 2.45) is 10.1 Å². The number of aliphatic imine (C=N–C) groups is 1. The van der Waals surface area contributed by atoms with Crippen LogP contribution in [0.2, 0.25) is 0 Å². The molecule has 3 N–H and O–H groups in total. The number of azide groups is 1. The van der Waals surface area contributed by atoms with E-state index < -0.39 is 11.6 Å². The molecular formula is C30H32N6O4. The van der Waals surface area contributed by atoms with Crippen molar-refractivity contribution in [2.45, 2.75) is 31.0 Å². The summed E-state index contributed by atoms with van der Waals surface area (Å²) in [4.78, 5) is 21.6. The molecule has 1 amide bonds. The van der Waals surface area contributed by atoms with E-state index in [0.29, 0.717) is 35.8 Å². The van der Waals surface area contributed by atoms with Crippen LogP contribution in [0, 0.1) is 0 Å². The minimum Gasteiger partial charge on any atom is -0.494 e. The van der Waals surface area contributed by atoms with Crippen LogP contribution in [0.1, 0.15) is 41.2 Å². The number of ether oxygens (including phenoxy) is 2. The Morgan fingerprint density at radius 1 is 1.15 bits per heavy atom. The van der Waals surface area contributed by atoms with Crippen LogP contribution in [0.5, 0.6) is 5.75 Å². The van der Waals surface area contributed by atoms with E-state index in [1.165, 1.54) is 0 Å². The molecule has 1 heterocycles. The highest BCUT2D eigenvalue weighted by Gasteiger charge is 2.53. The van der Waals surface area contributed by atoms with Crippen molar-refractivity contribution in [3.8, 4) is 5.75 Å². The summed E-state index contributed by atoms with van der Waals surface area (Å²) in [5, 5.41) is 12.8. The summed E-state index contributed by atoms with van der Waals surface area (Å²) in [6.45, 7) is 0.560. The summed E-state index contributed by atoms with van der Waals surface area (Å²) in [6, 6.07) is 24.5. The summed E-state index contributed by atoms with van der Waals surface area (Å²) in [7, 11) is 1.62. The molecule has 1 aliphatic heterocycles. The number of hydrogen-bond acceptors (Lipinski definition) is 7. The molecule has 0 saturated heterocycles. The van der Waals surface area contributed by atoms with E-state index in [1.807, 2.05) is 78.9 Å². The highest BCUT2D eigenvalue weighted by molar-refractivity contribution is 6.01. The number of nitrogens with zero attached hydrogens (tertiary/aromatic N) is 4. The summed E-state index contributed by atoms with van der Waals surface area (Å²) in [5.74, 6) is 0.595. The number of hydrogen-bond donors (Lipinski definition) is 3. The van der Waals surface area contributed by atoms with Crippen molar-refractivity contribution in [2.75, 3.05) is 20.3 Å². The second-order valence-electron chi connectivity index (χ2n) is 9.10. The predicted molar refractivity (Wildman–Crippen MR) is 153 cm³/mol. The molecule has 3 aromatic rings. The number of amides is 1. The third kappa shape index (κ3) is 6.68. The van der Waals surface area contributed by atoms with E-state index in [1.54, 1.807) is 19.2 Å². The highest BCUT2D eigenvalue weighted by Crippen LogP contribution is 2.44. The van der Waals surface area contributed by atoms with E-state index in [9.17, 15) is 4.79 Å². The van der Waals surface area contributed by atoms with Crippen molar-refractivity contribution in [3.63, 3.8) is 0 Å². The van der Waals surface area contributed by atoms with Gasteiger partial charge in [-0.15, -0.1) is 0 Å². The Hall–Kier alpha value is -4.63. The van der Waals surface area contributed by atoms with Gasteiger partial charge in [-0.05, 0) is 46.5 Å². The molecule has 1 aliphatic rings. The standard InChI is InChI=1S/C30H32N6O4/c1-32-35-29(38)30(18-7-11-22-9-3-2-4-10-22)27(26-13-6-5-12-24(26)21-33-36-31)40-28(34-30)23-14-16-25(17-15-23)39-20-8-19-37/h2-7,9-17,27,32,37H,8,18-21H2,1H3,(H,35,38)/b11-7+/t27-,30-/m0/s1. The zero-order valence-electron chi connectivity index (χ0n) is 22.2. The molecule has 0 bridgehead atoms. The average molecular weight is 541 g/mol. The van der Waals surface area contributed by atoms with Gasteiger partial charge in [-0.1, -0.05) is 71.9 Å². The van der Waals surface area contributed by atoms with Gasteiger partial charge in [0.1, 0.15) is 5.75 Å². The molecule has 4 rings (SSSR count). The Labute approximate surface area is 233 Å². The van der Waals surface area contributed by atoms with Crippen LogP contribution < -0.4 is 15.6 Å². The molecule has 2 atom stereocenters. The molecule has 40 heavy (non-hydrogen) atoms. The summed E-state index contributed by atoms with van der Waals surface area (Å²) in [5.41, 5.74) is 16.1. The molecule has 0 radical (unpaired) electrons. The van der Waals surface area contributed by atoms with Gasteiger partial charge in [-0.25, -0.2) is 10.4 Å². The number of aliphatic hydroxyl groups excluding tert-OH is 1. The van der Waals surface area contributed by atoms with Crippen molar-refractivity contribution in [3.05, 3.63) is 118 Å². The monoisotopic (exact) mass is 540 g/mol. The van der Waals surface area contributed by atoms with Gasteiger partial charge in [-0.3, -0.25) is 10.2 Å². The fourth-order valence-corrected chi connectivity index (χ4v) is 4.49. The first kappa shape index (κ1) is 28.4. The van der Waals surface area contributed by atoms with Gasteiger partial charge < -0.3 is 14.6 Å². The van der Waals surface area contributed by atoms with Crippen LogP contribution in [-0.2, 0) is 16.1 Å². The zero-order chi connectivity index (χ0) is 28.2. The van der Waals surface area contributed by atoms with Crippen LogP contribution in [0.25, 0.3) is 16.5 Å². The Morgan fingerprint density at radius 2 is 1.90 bits per heavy atom. The summed E-state index contributed by atoms with van der Waals surface area (Å²) < 4.78 is 12.1. The molecule has 206 valence electrons. The van der Waals surface area contributed by atoms with Crippen LogP contribution in [0.3, 0.4) is 0 Å². The molecule has 0 unspecified atom stereocenters. The third-order valence-corrected chi connectivity index (χ3v) is 6.45. The number of benzene rings is 3. The maximum absolute atomic E-state index is 13.8. The highest BCUT2D eigenvalue weighted by atomic mass is 16.5. The molecule has 0 aliphatic carbocycles. The Kier molecular flexibility index (Phi) is 9.90. The molecular weight excluding hydrogens is 508 g/mol. The van der Waals surface area contributed by atoms with E-state index in [0.717, 1.165) is 11.1 Å². The largest absolute Gasteiger partial charge is 0.494 e. The van der Waals surface area contributed by atoms with Crippen LogP contribution in [-0.4, -0.2) is 42.7 Å². The van der Waals surface area contributed by atoms with E-state index in [-0.39, 0.29) is 25.5 Å². The lowest BCUT2D eigenvalue weighted by atomic mass is 9.82. The molecule has 0 fully saturated rings. The van der Waals surface area contributed by atoms with Gasteiger partial charge in [0.15, 0.2) is 11.6 Å². The minimum absolute atomic E-state index is 0.0563. The lowest BCUT2D eigenvalue weighted by Crippen LogP contribution is -2.51. The topological polar surface area (TPSA) is 141 Å². The van der Waals surface area contributed by atoms with Crippen LogP contribution in [0.15, 0.2) is 95.0 Å². The molecule has 0 aromatic heterocycles. The maximum atomic E-state index is 13.8. The first-order chi connectivity index (χ1) is 19.6. The molecule has 3 aromatic carbocycles.